The van der Waals surface area contributed by atoms with Crippen molar-refractivity contribution in [2.45, 2.75) is 32.6 Å². The summed E-state index contributed by atoms with van der Waals surface area (Å²) in [4.78, 5) is 9.16. The van der Waals surface area contributed by atoms with E-state index in [9.17, 15) is 0 Å². The summed E-state index contributed by atoms with van der Waals surface area (Å²) in [6.07, 6.45) is 4.15. The van der Waals surface area contributed by atoms with Crippen molar-refractivity contribution in [3.8, 4) is 10.6 Å². The number of imidazole rings is 1. The third kappa shape index (κ3) is 2.58. The summed E-state index contributed by atoms with van der Waals surface area (Å²) in [7, 11) is 0. The third-order valence-corrected chi connectivity index (χ3v) is 4.06. The number of hydrogen-bond acceptors (Lipinski definition) is 3. The molecule has 4 heteroatoms. The van der Waals surface area contributed by atoms with Gasteiger partial charge in [-0.3, -0.25) is 0 Å². The third-order valence-electron chi connectivity index (χ3n) is 3.01. The molecule has 0 aliphatic carbocycles. The molecule has 2 rings (SSSR count). The van der Waals surface area contributed by atoms with Crippen molar-refractivity contribution >= 4 is 11.3 Å². The fraction of sp³-hybridized carbons (Fsp3) is 0.462. The van der Waals surface area contributed by atoms with E-state index in [2.05, 4.69) is 35.3 Å². The van der Waals surface area contributed by atoms with Gasteiger partial charge >= 0.3 is 0 Å². The topological polar surface area (TPSA) is 54.7 Å². The fourth-order valence-corrected chi connectivity index (χ4v) is 2.92. The molecule has 0 aromatic carbocycles. The van der Waals surface area contributed by atoms with E-state index in [0.29, 0.717) is 12.5 Å². The average Bonchev–Trinajstić information content (AvgIpc) is 2.94. The second kappa shape index (κ2) is 5.47. The number of aryl methyl sites for hydroxylation is 1. The summed E-state index contributed by atoms with van der Waals surface area (Å²) < 4.78 is 0. The van der Waals surface area contributed by atoms with E-state index in [-0.39, 0.29) is 0 Å². The Morgan fingerprint density at radius 3 is 2.94 bits per heavy atom. The van der Waals surface area contributed by atoms with Gasteiger partial charge in [-0.05, 0) is 30.4 Å². The van der Waals surface area contributed by atoms with Gasteiger partial charge in [0.15, 0.2) is 0 Å². The lowest BCUT2D eigenvalue weighted by atomic mass is 10.0. The summed E-state index contributed by atoms with van der Waals surface area (Å²) in [5.41, 5.74) is 8.20. The van der Waals surface area contributed by atoms with E-state index >= 15 is 0 Å². The van der Waals surface area contributed by atoms with E-state index < -0.39 is 0 Å². The molecule has 3 N–H and O–H groups in total. The van der Waals surface area contributed by atoms with Crippen LogP contribution in [0.25, 0.3) is 10.6 Å². The maximum absolute atomic E-state index is 5.79. The molecular weight excluding hydrogens is 230 g/mol. The number of thiophene rings is 1. The van der Waals surface area contributed by atoms with E-state index in [1.54, 1.807) is 11.3 Å². The van der Waals surface area contributed by atoms with Crippen molar-refractivity contribution in [1.29, 1.82) is 0 Å². The van der Waals surface area contributed by atoms with Crippen LogP contribution in [0.1, 0.15) is 37.1 Å². The van der Waals surface area contributed by atoms with Gasteiger partial charge in [-0.2, -0.15) is 0 Å². The van der Waals surface area contributed by atoms with Crippen LogP contribution in [0.15, 0.2) is 17.6 Å². The van der Waals surface area contributed by atoms with E-state index in [0.717, 1.165) is 24.4 Å². The number of nitrogens with one attached hydrogen (secondary N) is 1. The van der Waals surface area contributed by atoms with Crippen LogP contribution in [0, 0.1) is 6.92 Å². The Balaban J connectivity index is 2.24. The summed E-state index contributed by atoms with van der Waals surface area (Å²) in [6, 6.07) is 2.13. The maximum Gasteiger partial charge on any atom is 0.110 e. The highest BCUT2D eigenvalue weighted by atomic mass is 32.1. The minimum atomic E-state index is 0.356. The number of nitrogens with two attached hydrogens (primary N) is 1. The Kier molecular flexibility index (Phi) is 3.97. The van der Waals surface area contributed by atoms with E-state index in [1.807, 2.05) is 6.20 Å². The molecule has 3 nitrogen and oxygen atoms in total. The molecule has 1 atom stereocenters. The van der Waals surface area contributed by atoms with Gasteiger partial charge in [0, 0.05) is 12.5 Å². The van der Waals surface area contributed by atoms with Crippen molar-refractivity contribution in [3.63, 3.8) is 0 Å². The first-order valence-electron chi connectivity index (χ1n) is 6.05. The van der Waals surface area contributed by atoms with Crippen molar-refractivity contribution in [2.75, 3.05) is 6.54 Å². The largest absolute Gasteiger partial charge is 0.341 e. The average molecular weight is 249 g/mol. The molecule has 0 radical (unpaired) electrons. The minimum absolute atomic E-state index is 0.356. The van der Waals surface area contributed by atoms with Crippen LogP contribution in [-0.4, -0.2) is 16.5 Å². The number of H-pyrrole nitrogens is 1. The predicted molar refractivity (Wildman–Crippen MR) is 73.3 cm³/mol. The Labute approximate surface area is 106 Å². The van der Waals surface area contributed by atoms with Gasteiger partial charge in [0.1, 0.15) is 5.82 Å². The number of aromatic nitrogens is 2. The zero-order valence-electron chi connectivity index (χ0n) is 10.4. The highest BCUT2D eigenvalue weighted by Gasteiger charge is 2.14. The van der Waals surface area contributed by atoms with Crippen LogP contribution in [0.4, 0.5) is 0 Å². The summed E-state index contributed by atoms with van der Waals surface area (Å²) in [6.45, 7) is 4.96. The molecule has 0 fully saturated rings. The van der Waals surface area contributed by atoms with Gasteiger partial charge in [-0.1, -0.05) is 13.3 Å². The first kappa shape index (κ1) is 12.3. The van der Waals surface area contributed by atoms with Gasteiger partial charge in [-0.25, -0.2) is 4.98 Å². The zero-order chi connectivity index (χ0) is 12.3. The Morgan fingerprint density at radius 1 is 1.53 bits per heavy atom. The lowest BCUT2D eigenvalue weighted by molar-refractivity contribution is 0.595. The SMILES string of the molecule is CCCC(CN)c1ncc(-c2sccc2C)[nH]1. The van der Waals surface area contributed by atoms with Crippen molar-refractivity contribution in [3.05, 3.63) is 29.0 Å². The van der Waals surface area contributed by atoms with Gasteiger partial charge in [-0.15, -0.1) is 11.3 Å². The molecule has 92 valence electrons. The number of aromatic amines is 1. The summed E-state index contributed by atoms with van der Waals surface area (Å²) >= 11 is 1.75. The molecule has 0 aliphatic rings. The summed E-state index contributed by atoms with van der Waals surface area (Å²) in [5, 5.41) is 2.11. The highest BCUT2D eigenvalue weighted by molar-refractivity contribution is 7.13. The minimum Gasteiger partial charge on any atom is -0.341 e. The van der Waals surface area contributed by atoms with Crippen LogP contribution >= 0.6 is 11.3 Å². The molecule has 0 spiro atoms. The normalized spacial score (nSPS) is 12.9. The molecule has 0 amide bonds. The molecule has 2 aromatic rings. The molecule has 2 aromatic heterocycles. The van der Waals surface area contributed by atoms with Crippen LogP contribution in [-0.2, 0) is 0 Å². The van der Waals surface area contributed by atoms with Gasteiger partial charge in [0.05, 0.1) is 16.8 Å². The quantitative estimate of drug-likeness (QED) is 0.854. The Morgan fingerprint density at radius 2 is 2.35 bits per heavy atom. The molecular formula is C13H19N3S. The number of nitrogens with zero attached hydrogens (tertiary/aromatic N) is 1. The van der Waals surface area contributed by atoms with Crippen molar-refractivity contribution in [1.82, 2.24) is 9.97 Å². The second-order valence-corrected chi connectivity index (χ2v) is 5.25. The molecule has 2 heterocycles. The molecule has 1 unspecified atom stereocenters. The van der Waals surface area contributed by atoms with E-state index in [1.165, 1.54) is 10.4 Å². The van der Waals surface area contributed by atoms with Crippen LogP contribution < -0.4 is 5.73 Å². The van der Waals surface area contributed by atoms with Gasteiger partial charge in [0.2, 0.25) is 0 Å². The monoisotopic (exact) mass is 249 g/mol. The second-order valence-electron chi connectivity index (χ2n) is 4.34. The van der Waals surface area contributed by atoms with Crippen LogP contribution in [0.5, 0.6) is 0 Å². The summed E-state index contributed by atoms with van der Waals surface area (Å²) in [5.74, 6) is 1.38. The number of hydrogen-bond donors (Lipinski definition) is 2. The van der Waals surface area contributed by atoms with Crippen LogP contribution in [0.3, 0.4) is 0 Å². The predicted octanol–water partition coefficient (Wildman–Crippen LogP) is 3.29. The van der Waals surface area contributed by atoms with Crippen molar-refractivity contribution in [2.24, 2.45) is 5.73 Å². The molecule has 0 saturated carbocycles. The van der Waals surface area contributed by atoms with Gasteiger partial charge in [0.25, 0.3) is 0 Å². The number of rotatable bonds is 5. The highest BCUT2D eigenvalue weighted by Crippen LogP contribution is 2.29. The fourth-order valence-electron chi connectivity index (χ4n) is 2.02. The molecule has 0 saturated heterocycles. The molecule has 0 aliphatic heterocycles. The lowest BCUT2D eigenvalue weighted by Gasteiger charge is -2.09. The zero-order valence-corrected chi connectivity index (χ0v) is 11.2. The standard InChI is InChI=1S/C13H19N3S/c1-3-4-10(7-14)13-15-8-11(16-13)12-9(2)5-6-17-12/h5-6,8,10H,3-4,7,14H2,1-2H3,(H,15,16). The first-order chi connectivity index (χ1) is 8.26. The first-order valence-corrected chi connectivity index (χ1v) is 6.93. The van der Waals surface area contributed by atoms with Gasteiger partial charge < -0.3 is 10.7 Å². The maximum atomic E-state index is 5.79. The van der Waals surface area contributed by atoms with Crippen molar-refractivity contribution < 1.29 is 0 Å². The molecule has 17 heavy (non-hydrogen) atoms. The van der Waals surface area contributed by atoms with E-state index in [4.69, 9.17) is 5.73 Å². The Hall–Kier alpha value is -1.13. The van der Waals surface area contributed by atoms with Crippen LogP contribution in [0.2, 0.25) is 0 Å². The Bertz CT molecular complexity index is 472. The smallest absolute Gasteiger partial charge is 0.110 e. The molecule has 0 bridgehead atoms. The lowest BCUT2D eigenvalue weighted by Crippen LogP contribution is -2.13.